The van der Waals surface area contributed by atoms with Gasteiger partial charge in [0.25, 0.3) is 5.12 Å². The maximum atomic E-state index is 12.2. The third-order valence-corrected chi connectivity index (χ3v) is 3.48. The van der Waals surface area contributed by atoms with Crippen molar-refractivity contribution in [1.82, 2.24) is 9.66 Å². The quantitative estimate of drug-likeness (QED) is 0.533. The van der Waals surface area contributed by atoms with Gasteiger partial charge < -0.3 is 5.73 Å². The van der Waals surface area contributed by atoms with E-state index in [0.29, 0.717) is 5.69 Å². The third-order valence-electron chi connectivity index (χ3n) is 2.73. The topological polar surface area (TPSA) is 73.3 Å². The third kappa shape index (κ3) is 3.15. The Morgan fingerprint density at radius 1 is 1.52 bits per heavy atom. The summed E-state index contributed by atoms with van der Waals surface area (Å²) in [6.07, 6.45) is 6.31. The summed E-state index contributed by atoms with van der Waals surface area (Å²) in [5.41, 5.74) is 7.75. The maximum absolute atomic E-state index is 12.2. The first-order chi connectivity index (χ1) is 10.2. The molecule has 2 aromatic rings. The molecule has 2 rings (SSSR count). The van der Waals surface area contributed by atoms with Crippen LogP contribution in [0.15, 0.2) is 35.4 Å². The SMILES string of the molecule is C#CCSC(=O)c1nc(C)c(-c2ccccc2)n1/N=C\N. The van der Waals surface area contributed by atoms with E-state index in [0.717, 1.165) is 29.4 Å². The van der Waals surface area contributed by atoms with Crippen LogP contribution in [-0.4, -0.2) is 26.9 Å². The summed E-state index contributed by atoms with van der Waals surface area (Å²) in [6.45, 7) is 1.83. The highest BCUT2D eigenvalue weighted by Crippen LogP contribution is 2.26. The molecule has 0 saturated carbocycles. The van der Waals surface area contributed by atoms with E-state index in [1.807, 2.05) is 37.3 Å². The summed E-state index contributed by atoms with van der Waals surface area (Å²) in [7, 11) is 0. The molecule has 0 aliphatic heterocycles. The molecule has 1 aromatic heterocycles. The molecule has 0 bridgehead atoms. The number of thioether (sulfide) groups is 1. The highest BCUT2D eigenvalue weighted by atomic mass is 32.2. The van der Waals surface area contributed by atoms with Gasteiger partial charge in [0.2, 0.25) is 5.82 Å². The second kappa shape index (κ2) is 6.77. The van der Waals surface area contributed by atoms with E-state index in [1.54, 1.807) is 0 Å². The van der Waals surface area contributed by atoms with E-state index in [-0.39, 0.29) is 16.7 Å². The molecule has 1 heterocycles. The molecule has 0 amide bonds. The fourth-order valence-corrected chi connectivity index (χ4v) is 2.40. The van der Waals surface area contributed by atoms with Crippen molar-refractivity contribution in [2.45, 2.75) is 6.92 Å². The van der Waals surface area contributed by atoms with Crippen LogP contribution >= 0.6 is 11.8 Å². The smallest absolute Gasteiger partial charge is 0.257 e. The van der Waals surface area contributed by atoms with Gasteiger partial charge in [0, 0.05) is 5.56 Å². The monoisotopic (exact) mass is 298 g/mol. The number of hydrogen-bond acceptors (Lipinski definition) is 4. The van der Waals surface area contributed by atoms with E-state index in [9.17, 15) is 4.79 Å². The Morgan fingerprint density at radius 2 is 2.24 bits per heavy atom. The van der Waals surface area contributed by atoms with Crippen molar-refractivity contribution in [2.75, 3.05) is 5.75 Å². The molecule has 0 fully saturated rings. The van der Waals surface area contributed by atoms with Crippen LogP contribution in [0.25, 0.3) is 11.3 Å². The number of rotatable bonds is 4. The first-order valence-corrected chi connectivity index (χ1v) is 7.17. The number of aromatic nitrogens is 2. The lowest BCUT2D eigenvalue weighted by molar-refractivity contribution is 0.107. The van der Waals surface area contributed by atoms with Crippen LogP contribution in [0.4, 0.5) is 0 Å². The predicted octanol–water partition coefficient (Wildman–Crippen LogP) is 2.12. The zero-order valence-corrected chi connectivity index (χ0v) is 12.3. The molecular weight excluding hydrogens is 284 g/mol. The van der Waals surface area contributed by atoms with Crippen molar-refractivity contribution < 1.29 is 4.79 Å². The lowest BCUT2D eigenvalue weighted by Crippen LogP contribution is -2.07. The van der Waals surface area contributed by atoms with Crippen molar-refractivity contribution in [2.24, 2.45) is 10.8 Å². The molecule has 2 N–H and O–H groups in total. The maximum Gasteiger partial charge on any atom is 0.257 e. The molecule has 0 aliphatic carbocycles. The minimum absolute atomic E-state index is 0.216. The summed E-state index contributed by atoms with van der Waals surface area (Å²) < 4.78 is 1.45. The second-order valence-corrected chi connectivity index (χ2v) is 5.04. The van der Waals surface area contributed by atoms with Crippen molar-refractivity contribution >= 4 is 23.2 Å². The van der Waals surface area contributed by atoms with Gasteiger partial charge in [-0.15, -0.1) is 6.42 Å². The van der Waals surface area contributed by atoms with Crippen molar-refractivity contribution in [1.29, 1.82) is 0 Å². The lowest BCUT2D eigenvalue weighted by Gasteiger charge is -2.05. The van der Waals surface area contributed by atoms with E-state index in [2.05, 4.69) is 16.0 Å². The van der Waals surface area contributed by atoms with Crippen molar-refractivity contribution in [3.05, 3.63) is 41.9 Å². The minimum Gasteiger partial charge on any atom is -0.388 e. The molecule has 0 aliphatic rings. The standard InChI is InChI=1S/C15H14N4OS/c1-3-9-21-15(20)14-18-11(2)13(19(14)17-10-16)12-7-5-4-6-8-12/h1,4-8,10H,9H2,2H3,(H2,16,17). The largest absolute Gasteiger partial charge is 0.388 e. The summed E-state index contributed by atoms with van der Waals surface area (Å²) in [5.74, 6) is 2.92. The first kappa shape index (κ1) is 14.9. The molecule has 1 aromatic carbocycles. The van der Waals surface area contributed by atoms with Gasteiger partial charge >= 0.3 is 0 Å². The Morgan fingerprint density at radius 3 is 2.86 bits per heavy atom. The van der Waals surface area contributed by atoms with Crippen LogP contribution in [0.1, 0.15) is 16.3 Å². The Bertz CT molecular complexity index is 713. The molecule has 0 saturated heterocycles. The molecule has 6 heteroatoms. The van der Waals surface area contributed by atoms with Crippen LogP contribution < -0.4 is 5.73 Å². The van der Waals surface area contributed by atoms with Crippen LogP contribution in [0, 0.1) is 19.3 Å². The Labute approximate surface area is 127 Å². The molecular formula is C15H14N4OS. The molecule has 0 spiro atoms. The zero-order valence-electron chi connectivity index (χ0n) is 11.5. The number of hydrogen-bond donors (Lipinski definition) is 1. The zero-order chi connectivity index (χ0) is 15.2. The fourth-order valence-electron chi connectivity index (χ4n) is 1.93. The molecule has 0 atom stereocenters. The second-order valence-electron chi connectivity index (χ2n) is 4.09. The van der Waals surface area contributed by atoms with E-state index >= 15 is 0 Å². The van der Waals surface area contributed by atoms with Gasteiger partial charge in [-0.25, -0.2) is 9.66 Å². The van der Waals surface area contributed by atoms with Gasteiger partial charge in [0.1, 0.15) is 6.34 Å². The minimum atomic E-state index is -0.233. The van der Waals surface area contributed by atoms with Gasteiger partial charge in [0.15, 0.2) is 0 Å². The Balaban J connectivity index is 2.55. The Hall–Kier alpha value is -2.52. The first-order valence-electron chi connectivity index (χ1n) is 6.19. The van der Waals surface area contributed by atoms with Gasteiger partial charge in [0.05, 0.1) is 17.1 Å². The van der Waals surface area contributed by atoms with Gasteiger partial charge in [-0.2, -0.15) is 5.10 Å². The Kier molecular flexibility index (Phi) is 4.80. The number of terminal acetylenes is 1. The number of aryl methyl sites for hydroxylation is 1. The highest BCUT2D eigenvalue weighted by molar-refractivity contribution is 8.14. The number of nitrogens with zero attached hydrogens (tertiary/aromatic N) is 3. The van der Waals surface area contributed by atoms with Crippen molar-refractivity contribution in [3.63, 3.8) is 0 Å². The number of benzene rings is 1. The average Bonchev–Trinajstić information content (AvgIpc) is 2.83. The predicted molar refractivity (Wildman–Crippen MR) is 86.1 cm³/mol. The van der Waals surface area contributed by atoms with E-state index in [1.165, 1.54) is 4.68 Å². The van der Waals surface area contributed by atoms with Crippen LogP contribution in [0.3, 0.4) is 0 Å². The number of carbonyl (C=O) groups excluding carboxylic acids is 1. The number of imidazole rings is 1. The van der Waals surface area contributed by atoms with Crippen molar-refractivity contribution in [3.8, 4) is 23.6 Å². The highest BCUT2D eigenvalue weighted by Gasteiger charge is 2.21. The van der Waals surface area contributed by atoms with E-state index < -0.39 is 0 Å². The fraction of sp³-hybridized carbons (Fsp3) is 0.133. The molecule has 106 valence electrons. The number of nitrogens with two attached hydrogens (primary N) is 1. The van der Waals surface area contributed by atoms with Gasteiger partial charge in [-0.05, 0) is 6.92 Å². The summed E-state index contributed by atoms with van der Waals surface area (Å²) in [6, 6.07) is 9.59. The molecule has 21 heavy (non-hydrogen) atoms. The molecule has 0 unspecified atom stereocenters. The van der Waals surface area contributed by atoms with Crippen LogP contribution in [-0.2, 0) is 0 Å². The summed E-state index contributed by atoms with van der Waals surface area (Å²) in [4.78, 5) is 16.5. The summed E-state index contributed by atoms with van der Waals surface area (Å²) in [5, 5.41) is 3.82. The van der Waals surface area contributed by atoms with Crippen LogP contribution in [0.5, 0.6) is 0 Å². The van der Waals surface area contributed by atoms with E-state index in [4.69, 9.17) is 12.2 Å². The number of carbonyl (C=O) groups is 1. The molecule has 5 nitrogen and oxygen atoms in total. The average molecular weight is 298 g/mol. The molecule has 0 radical (unpaired) electrons. The van der Waals surface area contributed by atoms with Gasteiger partial charge in [-0.1, -0.05) is 48.0 Å². The normalized spacial score (nSPS) is 10.7. The van der Waals surface area contributed by atoms with Crippen LogP contribution in [0.2, 0.25) is 0 Å². The van der Waals surface area contributed by atoms with Gasteiger partial charge in [-0.3, -0.25) is 4.79 Å². The lowest BCUT2D eigenvalue weighted by atomic mass is 10.1. The summed E-state index contributed by atoms with van der Waals surface area (Å²) >= 11 is 1.01.